The summed E-state index contributed by atoms with van der Waals surface area (Å²) in [6, 6.07) is 5.85. The van der Waals surface area contributed by atoms with Crippen LogP contribution in [0.4, 0.5) is 0 Å². The molecule has 0 saturated heterocycles. The van der Waals surface area contributed by atoms with Crippen LogP contribution in [0.2, 0.25) is 0 Å². The summed E-state index contributed by atoms with van der Waals surface area (Å²) in [6.07, 6.45) is 1.79. The van der Waals surface area contributed by atoms with Gasteiger partial charge in [-0.05, 0) is 12.1 Å². The van der Waals surface area contributed by atoms with Crippen molar-refractivity contribution in [3.05, 3.63) is 35.7 Å². The third kappa shape index (κ3) is 3.08. The van der Waals surface area contributed by atoms with Crippen LogP contribution in [0.5, 0.6) is 5.75 Å². The van der Waals surface area contributed by atoms with E-state index in [9.17, 15) is 4.79 Å². The summed E-state index contributed by atoms with van der Waals surface area (Å²) in [5, 5.41) is 0. The van der Waals surface area contributed by atoms with E-state index in [0.717, 1.165) is 16.0 Å². The average Bonchev–Trinajstić information content (AvgIpc) is 2.76. The number of para-hydroxylation sites is 1. The Hall–Kier alpha value is -1.88. The van der Waals surface area contributed by atoms with E-state index < -0.39 is 5.41 Å². The molecule has 0 bridgehead atoms. The van der Waals surface area contributed by atoms with Gasteiger partial charge in [0.15, 0.2) is 4.80 Å². The normalized spacial score (nSPS) is 12.7. The average molecular weight is 304 g/mol. The number of rotatable bonds is 3. The number of ether oxygens (including phenoxy) is 1. The highest BCUT2D eigenvalue weighted by atomic mass is 32.1. The van der Waals surface area contributed by atoms with Crippen molar-refractivity contribution in [1.82, 2.24) is 4.57 Å². The molecule has 0 unspecified atom stereocenters. The first-order valence-electron chi connectivity index (χ1n) is 6.75. The highest BCUT2D eigenvalue weighted by Gasteiger charge is 2.21. The van der Waals surface area contributed by atoms with Crippen molar-refractivity contribution in [3.63, 3.8) is 0 Å². The van der Waals surface area contributed by atoms with Crippen LogP contribution >= 0.6 is 11.3 Å². The second kappa shape index (κ2) is 5.85. The molecule has 5 heteroatoms. The van der Waals surface area contributed by atoms with E-state index in [1.807, 2.05) is 43.5 Å². The fourth-order valence-corrected chi connectivity index (χ4v) is 2.96. The van der Waals surface area contributed by atoms with Crippen LogP contribution in [-0.2, 0) is 11.3 Å². The quantitative estimate of drug-likeness (QED) is 0.816. The van der Waals surface area contributed by atoms with Gasteiger partial charge >= 0.3 is 0 Å². The smallest absolute Gasteiger partial charge is 0.253 e. The van der Waals surface area contributed by atoms with Gasteiger partial charge in [0.25, 0.3) is 5.91 Å². The van der Waals surface area contributed by atoms with Gasteiger partial charge in [0.05, 0.1) is 11.8 Å². The van der Waals surface area contributed by atoms with E-state index in [1.165, 1.54) is 11.3 Å². The molecule has 112 valence electrons. The Bertz CT molecular complexity index is 748. The van der Waals surface area contributed by atoms with Gasteiger partial charge < -0.3 is 9.30 Å². The first kappa shape index (κ1) is 15.5. The molecule has 2 aromatic rings. The maximum Gasteiger partial charge on any atom is 0.253 e. The fourth-order valence-electron chi connectivity index (χ4n) is 1.90. The summed E-state index contributed by atoms with van der Waals surface area (Å²) >= 11 is 1.49. The lowest BCUT2D eigenvalue weighted by Gasteiger charge is -2.12. The summed E-state index contributed by atoms with van der Waals surface area (Å²) < 4.78 is 8.43. The number of hydrogen-bond donors (Lipinski definition) is 0. The van der Waals surface area contributed by atoms with Gasteiger partial charge in [-0.15, -0.1) is 6.58 Å². The fraction of sp³-hybridized carbons (Fsp3) is 0.375. The Morgan fingerprint density at radius 3 is 2.76 bits per heavy atom. The van der Waals surface area contributed by atoms with Gasteiger partial charge in [0.1, 0.15) is 11.3 Å². The van der Waals surface area contributed by atoms with E-state index in [4.69, 9.17) is 4.74 Å². The number of benzene rings is 1. The SMILES string of the molecule is C=CCn1c(=NC(=O)C(C)(C)C)sc2cccc(OC)c21. The standard InChI is InChI=1S/C16H20N2O2S/c1-6-10-18-13-11(20-5)8-7-9-12(13)21-15(18)17-14(19)16(2,3)4/h6-9H,1,10H2,2-5H3. The van der Waals surface area contributed by atoms with Gasteiger partial charge in [0.2, 0.25) is 0 Å². The number of carbonyl (C=O) groups is 1. The predicted molar refractivity (Wildman–Crippen MR) is 86.6 cm³/mol. The molecule has 0 fully saturated rings. The monoisotopic (exact) mass is 304 g/mol. The highest BCUT2D eigenvalue weighted by Crippen LogP contribution is 2.27. The van der Waals surface area contributed by atoms with Crippen molar-refractivity contribution in [1.29, 1.82) is 0 Å². The highest BCUT2D eigenvalue weighted by molar-refractivity contribution is 7.16. The Morgan fingerprint density at radius 2 is 2.19 bits per heavy atom. The second-order valence-corrected chi connectivity index (χ2v) is 6.77. The summed E-state index contributed by atoms with van der Waals surface area (Å²) in [4.78, 5) is 17.2. The molecular formula is C16H20N2O2S. The minimum Gasteiger partial charge on any atom is -0.495 e. The summed E-state index contributed by atoms with van der Waals surface area (Å²) in [6.45, 7) is 9.96. The number of thiazole rings is 1. The number of aromatic nitrogens is 1. The predicted octanol–water partition coefficient (Wildman–Crippen LogP) is 3.37. The Balaban J connectivity index is 2.75. The van der Waals surface area contributed by atoms with Crippen molar-refractivity contribution >= 4 is 27.5 Å². The molecule has 1 aromatic heterocycles. The van der Waals surface area contributed by atoms with Crippen LogP contribution in [0.25, 0.3) is 10.2 Å². The first-order valence-corrected chi connectivity index (χ1v) is 7.56. The molecule has 0 atom stereocenters. The van der Waals surface area contributed by atoms with E-state index in [1.54, 1.807) is 13.2 Å². The number of amides is 1. The van der Waals surface area contributed by atoms with Gasteiger partial charge in [-0.2, -0.15) is 4.99 Å². The van der Waals surface area contributed by atoms with Gasteiger partial charge in [-0.1, -0.05) is 44.3 Å². The van der Waals surface area contributed by atoms with E-state index >= 15 is 0 Å². The van der Waals surface area contributed by atoms with Crippen LogP contribution in [-0.4, -0.2) is 17.6 Å². The third-order valence-corrected chi connectivity index (χ3v) is 4.08. The molecule has 1 aromatic carbocycles. The lowest BCUT2D eigenvalue weighted by Crippen LogP contribution is -2.23. The van der Waals surface area contributed by atoms with Crippen LogP contribution in [0.15, 0.2) is 35.8 Å². The maximum absolute atomic E-state index is 12.2. The topological polar surface area (TPSA) is 43.6 Å². The molecule has 0 N–H and O–H groups in total. The lowest BCUT2D eigenvalue weighted by atomic mass is 9.96. The Labute approximate surface area is 128 Å². The van der Waals surface area contributed by atoms with Crippen LogP contribution < -0.4 is 9.54 Å². The molecule has 0 saturated carbocycles. The molecule has 1 amide bonds. The zero-order valence-corrected chi connectivity index (χ0v) is 13.7. The molecule has 0 spiro atoms. The van der Waals surface area contributed by atoms with E-state index in [-0.39, 0.29) is 5.91 Å². The Kier molecular flexibility index (Phi) is 4.32. The van der Waals surface area contributed by atoms with Crippen molar-refractivity contribution in [2.24, 2.45) is 10.4 Å². The number of carbonyl (C=O) groups excluding carboxylic acids is 1. The molecule has 4 nitrogen and oxygen atoms in total. The number of fused-ring (bicyclic) bond motifs is 1. The van der Waals surface area contributed by atoms with Crippen LogP contribution in [0, 0.1) is 5.41 Å². The van der Waals surface area contributed by atoms with Crippen LogP contribution in [0.3, 0.4) is 0 Å². The number of hydrogen-bond acceptors (Lipinski definition) is 3. The number of nitrogens with zero attached hydrogens (tertiary/aromatic N) is 2. The van der Waals surface area contributed by atoms with Crippen molar-refractivity contribution in [2.75, 3.05) is 7.11 Å². The summed E-state index contributed by atoms with van der Waals surface area (Å²) in [7, 11) is 1.64. The molecule has 0 aliphatic heterocycles. The molecule has 1 heterocycles. The molecule has 0 aliphatic carbocycles. The van der Waals surface area contributed by atoms with Gasteiger partial charge in [-0.3, -0.25) is 4.79 Å². The molecule has 2 rings (SSSR count). The van der Waals surface area contributed by atoms with E-state index in [2.05, 4.69) is 11.6 Å². The minimum absolute atomic E-state index is 0.133. The van der Waals surface area contributed by atoms with Gasteiger partial charge in [0, 0.05) is 12.0 Å². The maximum atomic E-state index is 12.2. The molecule has 0 aliphatic rings. The summed E-state index contributed by atoms with van der Waals surface area (Å²) in [5.74, 6) is 0.640. The minimum atomic E-state index is -0.494. The zero-order chi connectivity index (χ0) is 15.6. The number of methoxy groups -OCH3 is 1. The van der Waals surface area contributed by atoms with Crippen molar-refractivity contribution in [2.45, 2.75) is 27.3 Å². The van der Waals surface area contributed by atoms with Crippen LogP contribution in [0.1, 0.15) is 20.8 Å². The molecule has 21 heavy (non-hydrogen) atoms. The summed E-state index contributed by atoms with van der Waals surface area (Å²) in [5.41, 5.74) is 0.456. The van der Waals surface area contributed by atoms with E-state index in [0.29, 0.717) is 11.3 Å². The zero-order valence-electron chi connectivity index (χ0n) is 12.8. The number of allylic oxidation sites excluding steroid dienone is 1. The van der Waals surface area contributed by atoms with Crippen molar-refractivity contribution in [3.8, 4) is 5.75 Å². The second-order valence-electron chi connectivity index (χ2n) is 5.76. The first-order chi connectivity index (χ1) is 9.88. The molecule has 0 radical (unpaired) electrons. The molecular weight excluding hydrogens is 284 g/mol. The largest absolute Gasteiger partial charge is 0.495 e. The van der Waals surface area contributed by atoms with Crippen molar-refractivity contribution < 1.29 is 9.53 Å². The Morgan fingerprint density at radius 1 is 1.48 bits per heavy atom. The third-order valence-electron chi connectivity index (χ3n) is 3.03. The van der Waals surface area contributed by atoms with Gasteiger partial charge in [-0.25, -0.2) is 0 Å². The lowest BCUT2D eigenvalue weighted by molar-refractivity contribution is -0.125.